The van der Waals surface area contributed by atoms with Crippen molar-refractivity contribution in [1.29, 1.82) is 5.26 Å². The van der Waals surface area contributed by atoms with E-state index < -0.39 is 0 Å². The molecule has 6 nitrogen and oxygen atoms in total. The number of anilines is 1. The van der Waals surface area contributed by atoms with Crippen LogP contribution in [-0.2, 0) is 13.0 Å². The maximum absolute atomic E-state index is 12.2. The van der Waals surface area contributed by atoms with Crippen molar-refractivity contribution in [2.24, 2.45) is 0 Å². The summed E-state index contributed by atoms with van der Waals surface area (Å²) in [7, 11) is 0. The Kier molecular flexibility index (Phi) is 2.93. The summed E-state index contributed by atoms with van der Waals surface area (Å²) in [6.07, 6.45) is 2.14. The van der Waals surface area contributed by atoms with E-state index in [1.54, 1.807) is 4.90 Å². The van der Waals surface area contributed by atoms with E-state index in [1.807, 2.05) is 0 Å². The smallest absolute Gasteiger partial charge is 0.275 e. The predicted octanol–water partition coefficient (Wildman–Crippen LogP) is 1.25. The van der Waals surface area contributed by atoms with Crippen molar-refractivity contribution in [2.75, 3.05) is 12.3 Å². The molecule has 0 fully saturated rings. The average molecular weight is 291 g/mol. The van der Waals surface area contributed by atoms with Crippen molar-refractivity contribution in [3.8, 4) is 6.07 Å². The van der Waals surface area contributed by atoms with Gasteiger partial charge in [-0.2, -0.15) is 14.0 Å². The third-order valence-corrected chi connectivity index (χ3v) is 4.59. The fourth-order valence-electron chi connectivity index (χ4n) is 2.14. The number of hydrogen-bond acceptors (Lipinski definition) is 7. The van der Waals surface area contributed by atoms with Crippen LogP contribution in [0.15, 0.2) is 6.20 Å². The molecular formula is C11H9N5OS2. The Hall–Kier alpha value is -1.98. The van der Waals surface area contributed by atoms with E-state index in [-0.39, 0.29) is 5.91 Å². The Balaban J connectivity index is 1.87. The van der Waals surface area contributed by atoms with Gasteiger partial charge in [0.2, 0.25) is 0 Å². The summed E-state index contributed by atoms with van der Waals surface area (Å²) >= 11 is 2.41. The average Bonchev–Trinajstić information content (AvgIpc) is 3.03. The number of nitrogen functional groups attached to an aromatic ring is 1. The van der Waals surface area contributed by atoms with Gasteiger partial charge in [0, 0.05) is 11.4 Å². The molecule has 0 aliphatic carbocycles. The van der Waals surface area contributed by atoms with Gasteiger partial charge in [-0.3, -0.25) is 4.79 Å². The Bertz CT molecular complexity index is 670. The van der Waals surface area contributed by atoms with Crippen LogP contribution in [0.2, 0.25) is 0 Å². The molecule has 1 amide bonds. The van der Waals surface area contributed by atoms with Gasteiger partial charge in [-0.1, -0.05) is 0 Å². The van der Waals surface area contributed by atoms with Crippen LogP contribution in [0, 0.1) is 11.3 Å². The molecule has 0 bridgehead atoms. The van der Waals surface area contributed by atoms with Gasteiger partial charge in [0.15, 0.2) is 5.69 Å². The first-order valence-corrected chi connectivity index (χ1v) is 7.12. The lowest BCUT2D eigenvalue weighted by atomic mass is 10.0. The highest BCUT2D eigenvalue weighted by atomic mass is 32.1. The van der Waals surface area contributed by atoms with Crippen LogP contribution >= 0.6 is 23.1 Å². The molecule has 2 aromatic heterocycles. The van der Waals surface area contributed by atoms with Crippen molar-refractivity contribution >= 4 is 34.0 Å². The van der Waals surface area contributed by atoms with Crippen molar-refractivity contribution in [2.45, 2.75) is 13.0 Å². The summed E-state index contributed by atoms with van der Waals surface area (Å²) in [5, 5.41) is 9.61. The van der Waals surface area contributed by atoms with Gasteiger partial charge in [0.1, 0.15) is 11.1 Å². The van der Waals surface area contributed by atoms with Gasteiger partial charge in [-0.15, -0.1) is 11.3 Å². The van der Waals surface area contributed by atoms with Crippen LogP contribution < -0.4 is 5.73 Å². The van der Waals surface area contributed by atoms with Gasteiger partial charge in [-0.05, 0) is 12.0 Å². The van der Waals surface area contributed by atoms with Crippen LogP contribution in [0.25, 0.3) is 0 Å². The molecule has 1 aliphatic heterocycles. The third kappa shape index (κ3) is 1.97. The molecule has 0 saturated heterocycles. The van der Waals surface area contributed by atoms with Crippen LogP contribution in [0.4, 0.5) is 5.00 Å². The minimum atomic E-state index is -0.120. The molecule has 0 atom stereocenters. The molecule has 2 aromatic rings. The summed E-state index contributed by atoms with van der Waals surface area (Å²) in [4.78, 5) is 14.9. The molecule has 0 radical (unpaired) electrons. The SMILES string of the molecule is N#Cc1c(N)sc2c1CCN(C(=O)c1cnsn1)C2. The molecule has 19 heavy (non-hydrogen) atoms. The minimum Gasteiger partial charge on any atom is -0.389 e. The van der Waals surface area contributed by atoms with Crippen LogP contribution in [0.1, 0.15) is 26.5 Å². The van der Waals surface area contributed by atoms with Crippen LogP contribution in [0.3, 0.4) is 0 Å². The number of rotatable bonds is 1. The largest absolute Gasteiger partial charge is 0.389 e. The first kappa shape index (κ1) is 12.1. The summed E-state index contributed by atoms with van der Waals surface area (Å²) in [6.45, 7) is 1.07. The molecule has 0 saturated carbocycles. The van der Waals surface area contributed by atoms with Crippen molar-refractivity contribution in [3.63, 3.8) is 0 Å². The maximum atomic E-state index is 12.2. The van der Waals surface area contributed by atoms with E-state index in [9.17, 15) is 4.79 Å². The van der Waals surface area contributed by atoms with E-state index in [4.69, 9.17) is 11.0 Å². The maximum Gasteiger partial charge on any atom is 0.275 e. The molecule has 0 spiro atoms. The molecule has 0 unspecified atom stereocenters. The Morgan fingerprint density at radius 2 is 2.42 bits per heavy atom. The number of amides is 1. The van der Waals surface area contributed by atoms with E-state index in [1.165, 1.54) is 17.5 Å². The van der Waals surface area contributed by atoms with Crippen LogP contribution in [0.5, 0.6) is 0 Å². The number of carbonyl (C=O) groups is 1. The molecule has 8 heteroatoms. The second-order valence-electron chi connectivity index (χ2n) is 4.12. The minimum absolute atomic E-state index is 0.120. The topological polar surface area (TPSA) is 95.9 Å². The Labute approximate surface area is 117 Å². The molecule has 0 aromatic carbocycles. The normalized spacial score (nSPS) is 13.9. The number of nitrogens with two attached hydrogens (primary N) is 1. The second-order valence-corrected chi connectivity index (χ2v) is 5.82. The zero-order valence-corrected chi connectivity index (χ0v) is 11.4. The highest BCUT2D eigenvalue weighted by molar-refractivity contribution is 7.16. The fourth-order valence-corrected chi connectivity index (χ4v) is 3.63. The number of fused-ring (bicyclic) bond motifs is 1. The Morgan fingerprint density at radius 1 is 1.58 bits per heavy atom. The zero-order chi connectivity index (χ0) is 13.4. The van der Waals surface area contributed by atoms with Gasteiger partial charge >= 0.3 is 0 Å². The van der Waals surface area contributed by atoms with Crippen LogP contribution in [-0.4, -0.2) is 26.1 Å². The number of carbonyl (C=O) groups excluding carboxylic acids is 1. The van der Waals surface area contributed by atoms with Crippen molar-refractivity contribution in [1.82, 2.24) is 13.6 Å². The highest BCUT2D eigenvalue weighted by Gasteiger charge is 2.27. The lowest BCUT2D eigenvalue weighted by Gasteiger charge is -2.26. The van der Waals surface area contributed by atoms with E-state index in [2.05, 4.69) is 14.8 Å². The molecule has 1 aliphatic rings. The molecule has 96 valence electrons. The summed E-state index contributed by atoms with van der Waals surface area (Å²) in [5.74, 6) is -0.120. The lowest BCUT2D eigenvalue weighted by molar-refractivity contribution is 0.0732. The number of aromatic nitrogens is 2. The lowest BCUT2D eigenvalue weighted by Crippen LogP contribution is -2.35. The molecule has 2 N–H and O–H groups in total. The highest BCUT2D eigenvalue weighted by Crippen LogP contribution is 2.34. The quantitative estimate of drug-likeness (QED) is 0.853. The van der Waals surface area contributed by atoms with Gasteiger partial charge in [0.05, 0.1) is 30.0 Å². The standard InChI is InChI=1S/C11H9N5OS2/c12-3-7-6-1-2-16(5-9(6)18-10(7)13)11(17)8-4-14-19-15-8/h4H,1-2,5,13H2. The van der Waals surface area contributed by atoms with E-state index in [0.29, 0.717) is 35.8 Å². The summed E-state index contributed by atoms with van der Waals surface area (Å²) < 4.78 is 7.79. The van der Waals surface area contributed by atoms with E-state index >= 15 is 0 Å². The summed E-state index contributed by atoms with van der Waals surface area (Å²) in [5.41, 5.74) is 7.76. The number of hydrogen-bond donors (Lipinski definition) is 1. The fraction of sp³-hybridized carbons (Fsp3) is 0.273. The van der Waals surface area contributed by atoms with Crippen molar-refractivity contribution < 1.29 is 4.79 Å². The summed E-state index contributed by atoms with van der Waals surface area (Å²) in [6, 6.07) is 2.14. The predicted molar refractivity (Wildman–Crippen MR) is 71.8 cm³/mol. The number of thiophene rings is 1. The first-order valence-electron chi connectivity index (χ1n) is 5.57. The zero-order valence-electron chi connectivity index (χ0n) is 9.79. The molecule has 3 heterocycles. The van der Waals surface area contributed by atoms with E-state index in [0.717, 1.165) is 22.2 Å². The second kappa shape index (κ2) is 4.60. The number of nitriles is 1. The van der Waals surface area contributed by atoms with Crippen molar-refractivity contribution in [3.05, 3.63) is 27.9 Å². The van der Waals surface area contributed by atoms with Gasteiger partial charge < -0.3 is 10.6 Å². The Morgan fingerprint density at radius 3 is 3.11 bits per heavy atom. The van der Waals surface area contributed by atoms with Gasteiger partial charge in [-0.25, -0.2) is 0 Å². The van der Waals surface area contributed by atoms with Gasteiger partial charge in [0.25, 0.3) is 5.91 Å². The number of nitrogens with zero attached hydrogens (tertiary/aromatic N) is 4. The third-order valence-electron chi connectivity index (χ3n) is 3.06. The first-order chi connectivity index (χ1) is 9.20. The molecular weight excluding hydrogens is 282 g/mol. The molecule has 3 rings (SSSR count). The monoisotopic (exact) mass is 291 g/mol.